The van der Waals surface area contributed by atoms with Crippen LogP contribution in [0.2, 0.25) is 0 Å². The monoisotopic (exact) mass is 226 g/mol. The molecule has 0 aliphatic carbocycles. The molecule has 2 aromatic rings. The Bertz CT molecular complexity index is 381. The highest BCUT2D eigenvalue weighted by atomic mass is 16.5. The molecule has 2 rings (SSSR count). The highest BCUT2D eigenvalue weighted by molar-refractivity contribution is 5.19. The van der Waals surface area contributed by atoms with E-state index in [4.69, 9.17) is 4.74 Å². The molecule has 0 saturated carbocycles. The SMILES string of the molecule is CCCc1cc[c]cc1.COc1cc[c]cc1. The van der Waals surface area contributed by atoms with Crippen molar-refractivity contribution in [3.05, 3.63) is 66.2 Å². The fourth-order valence-electron chi connectivity index (χ4n) is 1.38. The molecule has 1 nitrogen and oxygen atoms in total. The summed E-state index contributed by atoms with van der Waals surface area (Å²) in [5.41, 5.74) is 1.41. The van der Waals surface area contributed by atoms with Crippen molar-refractivity contribution in [1.82, 2.24) is 0 Å². The van der Waals surface area contributed by atoms with Gasteiger partial charge in [0.05, 0.1) is 7.11 Å². The predicted molar refractivity (Wildman–Crippen MR) is 71.1 cm³/mol. The lowest BCUT2D eigenvalue weighted by atomic mass is 10.1. The maximum absolute atomic E-state index is 4.89. The number of hydrogen-bond acceptors (Lipinski definition) is 1. The molecule has 1 heteroatoms. The van der Waals surface area contributed by atoms with Gasteiger partial charge in [-0.3, -0.25) is 0 Å². The molecule has 0 fully saturated rings. The smallest absolute Gasteiger partial charge is 0.118 e. The van der Waals surface area contributed by atoms with Crippen molar-refractivity contribution in [1.29, 1.82) is 0 Å². The van der Waals surface area contributed by atoms with Crippen LogP contribution in [0.4, 0.5) is 0 Å². The van der Waals surface area contributed by atoms with Gasteiger partial charge in [0.25, 0.3) is 0 Å². The average molecular weight is 226 g/mol. The zero-order valence-electron chi connectivity index (χ0n) is 10.4. The molecule has 0 heterocycles. The summed E-state index contributed by atoms with van der Waals surface area (Å²) >= 11 is 0. The average Bonchev–Trinajstić information content (AvgIpc) is 2.42. The van der Waals surface area contributed by atoms with Crippen molar-refractivity contribution in [3.8, 4) is 5.75 Å². The first-order valence-electron chi connectivity index (χ1n) is 5.82. The van der Waals surface area contributed by atoms with E-state index in [0.29, 0.717) is 0 Å². The van der Waals surface area contributed by atoms with Crippen LogP contribution in [0.5, 0.6) is 5.75 Å². The van der Waals surface area contributed by atoms with Gasteiger partial charge < -0.3 is 4.74 Å². The van der Waals surface area contributed by atoms with E-state index >= 15 is 0 Å². The lowest BCUT2D eigenvalue weighted by Crippen LogP contribution is -1.79. The molecule has 88 valence electrons. The molecule has 0 saturated heterocycles. The summed E-state index contributed by atoms with van der Waals surface area (Å²) in [5.74, 6) is 0.878. The Morgan fingerprint density at radius 3 is 1.88 bits per heavy atom. The zero-order chi connectivity index (χ0) is 12.3. The third-order valence-corrected chi connectivity index (χ3v) is 2.25. The van der Waals surface area contributed by atoms with Crippen molar-refractivity contribution in [3.63, 3.8) is 0 Å². The largest absolute Gasteiger partial charge is 0.497 e. The van der Waals surface area contributed by atoms with E-state index in [1.807, 2.05) is 36.4 Å². The zero-order valence-corrected chi connectivity index (χ0v) is 10.4. The molecular weight excluding hydrogens is 208 g/mol. The molecular formula is C16H18O. The molecule has 0 aromatic heterocycles. The number of rotatable bonds is 3. The Labute approximate surface area is 104 Å². The van der Waals surface area contributed by atoms with Crippen LogP contribution >= 0.6 is 0 Å². The standard InChI is InChI=1S/C9H11.C7H7O/c1-2-6-9-7-4-3-5-8-9;1-8-7-5-3-2-4-6-7/h4-5,7-8H,2,6H2,1H3;3-6H,1H3. The molecule has 0 aliphatic rings. The van der Waals surface area contributed by atoms with E-state index in [1.54, 1.807) is 7.11 Å². The van der Waals surface area contributed by atoms with Crippen LogP contribution in [0.3, 0.4) is 0 Å². The Morgan fingerprint density at radius 1 is 0.941 bits per heavy atom. The van der Waals surface area contributed by atoms with Crippen LogP contribution in [-0.2, 0) is 6.42 Å². The van der Waals surface area contributed by atoms with Crippen molar-refractivity contribution < 1.29 is 4.74 Å². The Kier molecular flexibility index (Phi) is 6.57. The van der Waals surface area contributed by atoms with Gasteiger partial charge in [-0.1, -0.05) is 49.7 Å². The maximum Gasteiger partial charge on any atom is 0.118 e. The molecule has 0 atom stereocenters. The topological polar surface area (TPSA) is 9.23 Å². The van der Waals surface area contributed by atoms with Gasteiger partial charge >= 0.3 is 0 Å². The molecule has 0 bridgehead atoms. The van der Waals surface area contributed by atoms with E-state index in [0.717, 1.165) is 5.75 Å². The number of benzene rings is 2. The van der Waals surface area contributed by atoms with Crippen molar-refractivity contribution >= 4 is 0 Å². The quantitative estimate of drug-likeness (QED) is 0.770. The number of methoxy groups -OCH3 is 1. The molecule has 17 heavy (non-hydrogen) atoms. The molecule has 2 radical (unpaired) electrons. The Morgan fingerprint density at radius 2 is 1.47 bits per heavy atom. The van der Waals surface area contributed by atoms with Gasteiger partial charge in [-0.2, -0.15) is 0 Å². The lowest BCUT2D eigenvalue weighted by Gasteiger charge is -1.93. The van der Waals surface area contributed by atoms with Gasteiger partial charge in [0, 0.05) is 0 Å². The molecule has 0 spiro atoms. The van der Waals surface area contributed by atoms with Gasteiger partial charge in [-0.15, -0.1) is 0 Å². The summed E-state index contributed by atoms with van der Waals surface area (Å²) < 4.78 is 4.89. The van der Waals surface area contributed by atoms with Gasteiger partial charge in [-0.05, 0) is 36.2 Å². The fourth-order valence-corrected chi connectivity index (χ4v) is 1.38. The van der Waals surface area contributed by atoms with Crippen molar-refractivity contribution in [2.24, 2.45) is 0 Å². The summed E-state index contributed by atoms with van der Waals surface area (Å²) in [7, 11) is 1.65. The highest BCUT2D eigenvalue weighted by Crippen LogP contribution is 2.05. The van der Waals surface area contributed by atoms with E-state index < -0.39 is 0 Å². The molecule has 0 N–H and O–H groups in total. The molecule has 0 amide bonds. The maximum atomic E-state index is 4.89. The van der Waals surface area contributed by atoms with Crippen molar-refractivity contribution in [2.45, 2.75) is 19.8 Å². The van der Waals surface area contributed by atoms with Crippen LogP contribution in [0.15, 0.2) is 48.5 Å². The lowest BCUT2D eigenvalue weighted by molar-refractivity contribution is 0.415. The van der Waals surface area contributed by atoms with Crippen LogP contribution in [0.25, 0.3) is 0 Å². The minimum atomic E-state index is 0.878. The van der Waals surface area contributed by atoms with Crippen LogP contribution in [0, 0.1) is 12.1 Å². The molecule has 2 aromatic carbocycles. The molecule has 0 aliphatic heterocycles. The Balaban J connectivity index is 0.000000171. The second kappa shape index (κ2) is 8.40. The van der Waals surface area contributed by atoms with E-state index in [-0.39, 0.29) is 0 Å². The highest BCUT2D eigenvalue weighted by Gasteiger charge is 1.84. The summed E-state index contributed by atoms with van der Waals surface area (Å²) in [6.07, 6.45) is 2.42. The molecule has 0 unspecified atom stereocenters. The van der Waals surface area contributed by atoms with E-state index in [1.165, 1.54) is 18.4 Å². The predicted octanol–water partition coefficient (Wildman–Crippen LogP) is 3.93. The first-order chi connectivity index (χ1) is 8.36. The third-order valence-electron chi connectivity index (χ3n) is 2.25. The first kappa shape index (κ1) is 13.3. The fraction of sp³-hybridized carbons (Fsp3) is 0.250. The number of aryl methyl sites for hydroxylation is 1. The summed E-state index contributed by atoms with van der Waals surface area (Å²) in [6.45, 7) is 2.19. The van der Waals surface area contributed by atoms with Gasteiger partial charge in [-0.25, -0.2) is 0 Å². The van der Waals surface area contributed by atoms with E-state index in [9.17, 15) is 0 Å². The van der Waals surface area contributed by atoms with Gasteiger partial charge in [0.15, 0.2) is 0 Å². The van der Waals surface area contributed by atoms with Crippen molar-refractivity contribution in [2.75, 3.05) is 7.11 Å². The minimum absolute atomic E-state index is 0.878. The number of hydrogen-bond donors (Lipinski definition) is 0. The summed E-state index contributed by atoms with van der Waals surface area (Å²) in [4.78, 5) is 0. The second-order valence-corrected chi connectivity index (χ2v) is 3.60. The number of ether oxygens (including phenoxy) is 1. The van der Waals surface area contributed by atoms with Crippen LogP contribution < -0.4 is 4.74 Å². The van der Waals surface area contributed by atoms with Crippen LogP contribution in [-0.4, -0.2) is 7.11 Å². The minimum Gasteiger partial charge on any atom is -0.497 e. The Hall–Kier alpha value is -1.76. The summed E-state index contributed by atoms with van der Waals surface area (Å²) in [5, 5.41) is 0. The second-order valence-electron chi connectivity index (χ2n) is 3.60. The van der Waals surface area contributed by atoms with E-state index in [2.05, 4.69) is 31.2 Å². The van der Waals surface area contributed by atoms with Gasteiger partial charge in [0.1, 0.15) is 5.75 Å². The summed E-state index contributed by atoms with van der Waals surface area (Å²) in [6, 6.07) is 21.4. The third kappa shape index (κ3) is 5.76. The first-order valence-corrected chi connectivity index (χ1v) is 5.82. The normalized spacial score (nSPS) is 9.06. The van der Waals surface area contributed by atoms with Crippen LogP contribution in [0.1, 0.15) is 18.9 Å². The van der Waals surface area contributed by atoms with Gasteiger partial charge in [0.2, 0.25) is 0 Å².